The van der Waals surface area contributed by atoms with Gasteiger partial charge >= 0.3 is 0 Å². The summed E-state index contributed by atoms with van der Waals surface area (Å²) in [5.41, 5.74) is 1.20. The van der Waals surface area contributed by atoms with Crippen molar-refractivity contribution < 1.29 is 9.47 Å². The van der Waals surface area contributed by atoms with Crippen LogP contribution in [0.2, 0.25) is 5.02 Å². The number of rotatable bonds is 4. The minimum atomic E-state index is 0.255. The first-order valence-corrected chi connectivity index (χ1v) is 6.31. The highest BCUT2D eigenvalue weighted by Gasteiger charge is 2.15. The van der Waals surface area contributed by atoms with E-state index in [1.165, 1.54) is 5.56 Å². The second kappa shape index (κ2) is 6.36. The Morgan fingerprint density at radius 2 is 2.41 bits per heavy atom. The average Bonchev–Trinajstić information content (AvgIpc) is 2.37. The third-order valence-corrected chi connectivity index (χ3v) is 3.21. The van der Waals surface area contributed by atoms with Crippen LogP contribution in [-0.4, -0.2) is 26.0 Å². The van der Waals surface area contributed by atoms with Crippen molar-refractivity contribution in [1.29, 1.82) is 0 Å². The van der Waals surface area contributed by atoms with Crippen LogP contribution in [0.3, 0.4) is 0 Å². The van der Waals surface area contributed by atoms with Crippen molar-refractivity contribution in [3.05, 3.63) is 34.9 Å². The van der Waals surface area contributed by atoms with E-state index in [0.29, 0.717) is 6.79 Å². The van der Waals surface area contributed by atoms with Gasteiger partial charge in [-0.25, -0.2) is 0 Å². The smallest absolute Gasteiger partial charge is 0.147 e. The van der Waals surface area contributed by atoms with E-state index in [2.05, 4.69) is 18.3 Å². The van der Waals surface area contributed by atoms with Crippen LogP contribution in [0.4, 0.5) is 0 Å². The van der Waals surface area contributed by atoms with E-state index in [4.69, 9.17) is 21.1 Å². The molecule has 4 heteroatoms. The maximum Gasteiger partial charge on any atom is 0.147 e. The van der Waals surface area contributed by atoms with Crippen LogP contribution in [0.25, 0.3) is 0 Å². The highest BCUT2D eigenvalue weighted by molar-refractivity contribution is 6.30. The van der Waals surface area contributed by atoms with E-state index >= 15 is 0 Å². The summed E-state index contributed by atoms with van der Waals surface area (Å²) >= 11 is 5.97. The first kappa shape index (κ1) is 12.8. The van der Waals surface area contributed by atoms with Crippen molar-refractivity contribution in [2.75, 3.05) is 19.9 Å². The monoisotopic (exact) mass is 255 g/mol. The number of ether oxygens (including phenoxy) is 2. The fraction of sp³-hybridized carbons (Fsp3) is 0.538. The molecule has 2 rings (SSSR count). The van der Waals surface area contributed by atoms with Crippen LogP contribution in [-0.2, 0) is 9.47 Å². The fourth-order valence-corrected chi connectivity index (χ4v) is 2.06. The van der Waals surface area contributed by atoms with Crippen molar-refractivity contribution in [3.63, 3.8) is 0 Å². The van der Waals surface area contributed by atoms with Crippen molar-refractivity contribution in [1.82, 2.24) is 5.32 Å². The Morgan fingerprint density at radius 1 is 1.53 bits per heavy atom. The molecular formula is C13H18ClNO2. The van der Waals surface area contributed by atoms with Crippen molar-refractivity contribution in [3.8, 4) is 0 Å². The molecule has 17 heavy (non-hydrogen) atoms. The molecule has 1 aliphatic rings. The Morgan fingerprint density at radius 3 is 3.12 bits per heavy atom. The van der Waals surface area contributed by atoms with Gasteiger partial charge in [-0.1, -0.05) is 23.7 Å². The normalized spacial score (nSPS) is 22.4. The maximum absolute atomic E-state index is 5.97. The molecule has 94 valence electrons. The molecule has 0 saturated carbocycles. The Balaban J connectivity index is 1.82. The Bertz CT molecular complexity index is 353. The summed E-state index contributed by atoms with van der Waals surface area (Å²) in [6.07, 6.45) is 1.21. The van der Waals surface area contributed by atoms with Crippen molar-refractivity contribution in [2.45, 2.75) is 25.5 Å². The molecule has 1 aromatic rings. The molecule has 2 unspecified atom stereocenters. The summed E-state index contributed by atoms with van der Waals surface area (Å²) < 4.78 is 10.6. The number of hydrogen-bond donors (Lipinski definition) is 1. The highest BCUT2D eigenvalue weighted by Crippen LogP contribution is 2.17. The minimum Gasteiger partial charge on any atom is -0.355 e. The van der Waals surface area contributed by atoms with Crippen LogP contribution >= 0.6 is 11.6 Å². The van der Waals surface area contributed by atoms with Crippen molar-refractivity contribution >= 4 is 11.6 Å². The van der Waals surface area contributed by atoms with Gasteiger partial charge in [-0.2, -0.15) is 0 Å². The molecule has 0 bridgehead atoms. The Labute approximate surface area is 107 Å². The molecule has 0 spiro atoms. The molecular weight excluding hydrogens is 238 g/mol. The lowest BCUT2D eigenvalue weighted by atomic mass is 10.1. The van der Waals surface area contributed by atoms with Crippen molar-refractivity contribution in [2.24, 2.45) is 0 Å². The standard InChI is InChI=1S/C13H18ClNO2/c1-10(11-3-2-4-12(14)7-11)15-8-13-5-6-16-9-17-13/h2-4,7,10,13,15H,5-6,8-9H2,1H3. The molecule has 0 aromatic heterocycles. The Kier molecular flexibility index (Phi) is 4.80. The highest BCUT2D eigenvalue weighted by atomic mass is 35.5. The van der Waals surface area contributed by atoms with Gasteiger partial charge in [0.05, 0.1) is 12.7 Å². The van der Waals surface area contributed by atoms with E-state index < -0.39 is 0 Å². The predicted octanol–water partition coefficient (Wildman–Crippen LogP) is 2.75. The van der Waals surface area contributed by atoms with E-state index in [1.54, 1.807) is 0 Å². The third-order valence-electron chi connectivity index (χ3n) is 2.97. The average molecular weight is 256 g/mol. The number of benzene rings is 1. The molecule has 1 aliphatic heterocycles. The molecule has 1 fully saturated rings. The molecule has 1 aromatic carbocycles. The quantitative estimate of drug-likeness (QED) is 0.898. The van der Waals surface area contributed by atoms with E-state index in [9.17, 15) is 0 Å². The van der Waals surface area contributed by atoms with E-state index in [1.807, 2.05) is 18.2 Å². The zero-order valence-corrected chi connectivity index (χ0v) is 10.7. The minimum absolute atomic E-state index is 0.255. The molecule has 1 heterocycles. The molecule has 0 radical (unpaired) electrons. The van der Waals surface area contributed by atoms with Crippen LogP contribution in [0, 0.1) is 0 Å². The molecule has 1 saturated heterocycles. The first-order valence-electron chi connectivity index (χ1n) is 5.94. The fourth-order valence-electron chi connectivity index (χ4n) is 1.86. The lowest BCUT2D eigenvalue weighted by molar-refractivity contribution is -0.137. The van der Waals surface area contributed by atoms with E-state index in [0.717, 1.165) is 24.6 Å². The van der Waals surface area contributed by atoms with Gasteiger partial charge in [0.1, 0.15) is 6.79 Å². The lowest BCUT2D eigenvalue weighted by Gasteiger charge is -2.25. The molecule has 0 aliphatic carbocycles. The summed E-state index contributed by atoms with van der Waals surface area (Å²) in [7, 11) is 0. The second-order valence-electron chi connectivity index (χ2n) is 4.29. The first-order chi connectivity index (χ1) is 8.25. The molecule has 1 N–H and O–H groups in total. The van der Waals surface area contributed by atoms with Gasteiger partial charge in [-0.15, -0.1) is 0 Å². The van der Waals surface area contributed by atoms with Gasteiger partial charge in [-0.05, 0) is 31.0 Å². The van der Waals surface area contributed by atoms with Gasteiger partial charge < -0.3 is 14.8 Å². The Hall–Kier alpha value is -0.610. The van der Waals surface area contributed by atoms with E-state index in [-0.39, 0.29) is 12.1 Å². The third kappa shape index (κ3) is 3.96. The van der Waals surface area contributed by atoms with Crippen LogP contribution in [0.15, 0.2) is 24.3 Å². The molecule has 2 atom stereocenters. The summed E-state index contributed by atoms with van der Waals surface area (Å²) in [5, 5.41) is 4.23. The summed E-state index contributed by atoms with van der Waals surface area (Å²) in [6.45, 7) is 4.18. The summed E-state index contributed by atoms with van der Waals surface area (Å²) in [6, 6.07) is 8.21. The van der Waals surface area contributed by atoms with Gasteiger partial charge in [0, 0.05) is 17.6 Å². The zero-order chi connectivity index (χ0) is 12.1. The SMILES string of the molecule is CC(NCC1CCOCO1)c1cccc(Cl)c1. The second-order valence-corrected chi connectivity index (χ2v) is 4.72. The van der Waals surface area contributed by atoms with Gasteiger partial charge in [0.25, 0.3) is 0 Å². The number of nitrogens with one attached hydrogen (secondary N) is 1. The largest absolute Gasteiger partial charge is 0.355 e. The maximum atomic E-state index is 5.97. The van der Waals surface area contributed by atoms with Gasteiger partial charge in [-0.3, -0.25) is 0 Å². The summed E-state index contributed by atoms with van der Waals surface area (Å²) in [4.78, 5) is 0. The lowest BCUT2D eigenvalue weighted by Crippen LogP contribution is -2.35. The van der Waals surface area contributed by atoms with Crippen LogP contribution in [0.1, 0.15) is 24.9 Å². The molecule has 3 nitrogen and oxygen atoms in total. The zero-order valence-electron chi connectivity index (χ0n) is 9.99. The summed E-state index contributed by atoms with van der Waals surface area (Å²) in [5.74, 6) is 0. The van der Waals surface area contributed by atoms with Crippen LogP contribution in [0.5, 0.6) is 0 Å². The van der Waals surface area contributed by atoms with Crippen LogP contribution < -0.4 is 5.32 Å². The topological polar surface area (TPSA) is 30.5 Å². The molecule has 0 amide bonds. The van der Waals surface area contributed by atoms with Gasteiger partial charge in [0.15, 0.2) is 0 Å². The predicted molar refractivity (Wildman–Crippen MR) is 68.2 cm³/mol. The number of hydrogen-bond acceptors (Lipinski definition) is 3. The van der Waals surface area contributed by atoms with Gasteiger partial charge in [0.2, 0.25) is 0 Å². The number of halogens is 1.